The summed E-state index contributed by atoms with van der Waals surface area (Å²) in [6.45, 7) is 6.45. The fourth-order valence-electron chi connectivity index (χ4n) is 0.587. The van der Waals surface area contributed by atoms with Gasteiger partial charge in [-0.15, -0.1) is 0 Å². The number of hydrogen-bond acceptors (Lipinski definition) is 2. The number of thiocarbonyl (C=S) groups is 1. The first-order chi connectivity index (χ1) is 5.45. The third-order valence-corrected chi connectivity index (χ3v) is 1.86. The lowest BCUT2D eigenvalue weighted by atomic mass is 10.1. The van der Waals surface area contributed by atoms with Crippen molar-refractivity contribution >= 4 is 23.1 Å². The van der Waals surface area contributed by atoms with E-state index in [-0.39, 0.29) is 16.8 Å². The predicted octanol–water partition coefficient (Wildman–Crippen LogP) is 0.681. The highest BCUT2D eigenvalue weighted by molar-refractivity contribution is 7.80. The number of amides is 1. The molecule has 12 heavy (non-hydrogen) atoms. The van der Waals surface area contributed by atoms with Crippen LogP contribution >= 0.6 is 12.2 Å². The Kier molecular flexibility index (Phi) is 4.81. The molecule has 1 amide bonds. The molecule has 0 aliphatic heterocycles. The van der Waals surface area contributed by atoms with Crippen molar-refractivity contribution in [2.45, 2.75) is 20.8 Å². The lowest BCUT2D eigenvalue weighted by Gasteiger charge is -2.11. The topological polar surface area (TPSA) is 55.1 Å². The summed E-state index contributed by atoms with van der Waals surface area (Å²) in [6, 6.07) is 0. The standard InChI is InChI=1S/C8H16N2OS/c1-5(2)4-10-8(11)6(3)7(9)12/h5-6H,4H2,1-3H3,(H2,9,12)(H,10,11). The van der Waals surface area contributed by atoms with Crippen molar-refractivity contribution in [3.05, 3.63) is 0 Å². The Bertz CT molecular complexity index is 180. The van der Waals surface area contributed by atoms with Crippen molar-refractivity contribution in [1.29, 1.82) is 0 Å². The summed E-state index contributed by atoms with van der Waals surface area (Å²) in [4.78, 5) is 11.5. The van der Waals surface area contributed by atoms with Crippen LogP contribution in [0.25, 0.3) is 0 Å². The summed E-state index contributed by atoms with van der Waals surface area (Å²) in [5, 5.41) is 2.76. The number of carbonyl (C=O) groups is 1. The third-order valence-electron chi connectivity index (χ3n) is 1.50. The molecule has 3 N–H and O–H groups in total. The maximum atomic E-state index is 11.2. The maximum Gasteiger partial charge on any atom is 0.229 e. The molecular formula is C8H16N2OS. The van der Waals surface area contributed by atoms with Crippen LogP contribution in [0.4, 0.5) is 0 Å². The van der Waals surface area contributed by atoms with Crippen LogP contribution < -0.4 is 11.1 Å². The van der Waals surface area contributed by atoms with Gasteiger partial charge in [-0.3, -0.25) is 4.79 Å². The van der Waals surface area contributed by atoms with E-state index >= 15 is 0 Å². The van der Waals surface area contributed by atoms with Crippen LogP contribution in [0.15, 0.2) is 0 Å². The van der Waals surface area contributed by atoms with Gasteiger partial charge in [-0.05, 0) is 12.8 Å². The quantitative estimate of drug-likeness (QED) is 0.638. The first kappa shape index (κ1) is 11.4. The van der Waals surface area contributed by atoms with E-state index in [1.165, 1.54) is 0 Å². The zero-order valence-corrected chi connectivity index (χ0v) is 8.57. The second kappa shape index (κ2) is 5.09. The Labute approximate surface area is 78.7 Å². The molecule has 0 bridgehead atoms. The highest BCUT2D eigenvalue weighted by Crippen LogP contribution is 1.96. The molecule has 0 heterocycles. The van der Waals surface area contributed by atoms with Gasteiger partial charge < -0.3 is 11.1 Å². The van der Waals surface area contributed by atoms with E-state index < -0.39 is 0 Å². The largest absolute Gasteiger partial charge is 0.393 e. The fourth-order valence-corrected chi connectivity index (χ4v) is 0.694. The number of rotatable bonds is 4. The fraction of sp³-hybridized carbons (Fsp3) is 0.750. The number of hydrogen-bond donors (Lipinski definition) is 2. The van der Waals surface area contributed by atoms with Crippen molar-refractivity contribution in [3.63, 3.8) is 0 Å². The van der Waals surface area contributed by atoms with Crippen molar-refractivity contribution in [2.75, 3.05) is 6.54 Å². The predicted molar refractivity (Wildman–Crippen MR) is 53.8 cm³/mol. The minimum Gasteiger partial charge on any atom is -0.393 e. The van der Waals surface area contributed by atoms with Gasteiger partial charge in [0.1, 0.15) is 0 Å². The van der Waals surface area contributed by atoms with E-state index in [9.17, 15) is 4.79 Å². The molecule has 0 aliphatic rings. The minimum atomic E-state index is -0.362. The number of nitrogens with one attached hydrogen (secondary N) is 1. The smallest absolute Gasteiger partial charge is 0.229 e. The van der Waals surface area contributed by atoms with Crippen LogP contribution in [0, 0.1) is 11.8 Å². The summed E-state index contributed by atoms with van der Waals surface area (Å²) >= 11 is 4.69. The second-order valence-corrected chi connectivity index (χ2v) is 3.73. The van der Waals surface area contributed by atoms with E-state index in [2.05, 4.69) is 5.32 Å². The van der Waals surface area contributed by atoms with Gasteiger partial charge in [-0.2, -0.15) is 0 Å². The molecule has 0 aromatic rings. The first-order valence-corrected chi connectivity index (χ1v) is 4.43. The van der Waals surface area contributed by atoms with Gasteiger partial charge in [0.2, 0.25) is 5.91 Å². The monoisotopic (exact) mass is 188 g/mol. The van der Waals surface area contributed by atoms with Gasteiger partial charge >= 0.3 is 0 Å². The van der Waals surface area contributed by atoms with Crippen molar-refractivity contribution in [2.24, 2.45) is 17.6 Å². The summed E-state index contributed by atoms with van der Waals surface area (Å²) in [6.07, 6.45) is 0. The van der Waals surface area contributed by atoms with Crippen LogP contribution in [0.1, 0.15) is 20.8 Å². The Hall–Kier alpha value is -0.640. The highest BCUT2D eigenvalue weighted by Gasteiger charge is 2.14. The maximum absolute atomic E-state index is 11.2. The SMILES string of the molecule is CC(C)CNC(=O)C(C)C(N)=S. The molecule has 0 saturated heterocycles. The van der Waals surface area contributed by atoms with Crippen LogP contribution in [0.3, 0.4) is 0 Å². The molecule has 0 rings (SSSR count). The Morgan fingerprint density at radius 1 is 1.50 bits per heavy atom. The van der Waals surface area contributed by atoms with Crippen LogP contribution in [-0.2, 0) is 4.79 Å². The van der Waals surface area contributed by atoms with Gasteiger partial charge in [0.15, 0.2) is 0 Å². The van der Waals surface area contributed by atoms with Crippen LogP contribution in [-0.4, -0.2) is 17.4 Å². The molecule has 0 fully saturated rings. The molecule has 0 aliphatic carbocycles. The second-order valence-electron chi connectivity index (χ2n) is 3.26. The molecule has 1 atom stereocenters. The lowest BCUT2D eigenvalue weighted by molar-refractivity contribution is -0.122. The summed E-state index contributed by atoms with van der Waals surface area (Å²) in [5.74, 6) is 0.00226. The van der Waals surface area contributed by atoms with Gasteiger partial charge in [-0.1, -0.05) is 26.1 Å². The van der Waals surface area contributed by atoms with E-state index in [4.69, 9.17) is 18.0 Å². The number of carbonyl (C=O) groups excluding carboxylic acids is 1. The minimum absolute atomic E-state index is 0.0869. The Morgan fingerprint density at radius 3 is 2.33 bits per heavy atom. The summed E-state index contributed by atoms with van der Waals surface area (Å²) < 4.78 is 0. The van der Waals surface area contributed by atoms with Crippen LogP contribution in [0.2, 0.25) is 0 Å². The molecule has 3 nitrogen and oxygen atoms in total. The molecule has 0 aromatic carbocycles. The van der Waals surface area contributed by atoms with E-state index in [0.717, 1.165) is 0 Å². The van der Waals surface area contributed by atoms with E-state index in [0.29, 0.717) is 12.5 Å². The van der Waals surface area contributed by atoms with Crippen molar-refractivity contribution < 1.29 is 4.79 Å². The molecule has 1 unspecified atom stereocenters. The zero-order valence-electron chi connectivity index (χ0n) is 7.76. The van der Waals surface area contributed by atoms with Gasteiger partial charge in [-0.25, -0.2) is 0 Å². The molecular weight excluding hydrogens is 172 g/mol. The van der Waals surface area contributed by atoms with E-state index in [1.807, 2.05) is 13.8 Å². The van der Waals surface area contributed by atoms with Crippen molar-refractivity contribution in [1.82, 2.24) is 5.32 Å². The molecule has 0 aromatic heterocycles. The van der Waals surface area contributed by atoms with Gasteiger partial charge in [0, 0.05) is 6.54 Å². The third kappa shape index (κ3) is 4.28. The lowest BCUT2D eigenvalue weighted by Crippen LogP contribution is -2.37. The molecule has 0 saturated carbocycles. The molecule has 70 valence electrons. The Balaban J connectivity index is 3.80. The Morgan fingerprint density at radius 2 is 2.00 bits per heavy atom. The van der Waals surface area contributed by atoms with Gasteiger partial charge in [0.25, 0.3) is 0 Å². The van der Waals surface area contributed by atoms with Crippen LogP contribution in [0.5, 0.6) is 0 Å². The van der Waals surface area contributed by atoms with Gasteiger partial charge in [0.05, 0.1) is 10.9 Å². The molecule has 4 heteroatoms. The van der Waals surface area contributed by atoms with E-state index in [1.54, 1.807) is 6.92 Å². The summed E-state index contributed by atoms with van der Waals surface area (Å²) in [5.41, 5.74) is 5.31. The molecule has 0 spiro atoms. The average Bonchev–Trinajstić information content (AvgIpc) is 1.98. The molecule has 0 radical (unpaired) electrons. The first-order valence-electron chi connectivity index (χ1n) is 4.02. The van der Waals surface area contributed by atoms with Crippen molar-refractivity contribution in [3.8, 4) is 0 Å². The normalized spacial score (nSPS) is 12.7. The number of nitrogens with two attached hydrogens (primary N) is 1. The highest BCUT2D eigenvalue weighted by atomic mass is 32.1. The average molecular weight is 188 g/mol. The zero-order chi connectivity index (χ0) is 9.72. The summed E-state index contributed by atoms with van der Waals surface area (Å²) in [7, 11) is 0.